The lowest BCUT2D eigenvalue weighted by Crippen LogP contribution is -2.64. The Morgan fingerprint density at radius 2 is 1.57 bits per heavy atom. The van der Waals surface area contributed by atoms with Gasteiger partial charge in [-0.05, 0) is 69.6 Å². The molecule has 3 aliphatic rings. The molecule has 1 aromatic carbocycles. The monoisotopic (exact) mass is 544 g/mol. The van der Waals surface area contributed by atoms with Crippen molar-refractivity contribution >= 4 is 29.0 Å². The number of halogens is 2. The normalized spacial score (nSPS) is 25.6. The largest absolute Gasteiger partial charge is 0.356 e. The molecule has 1 aromatic heterocycles. The van der Waals surface area contributed by atoms with E-state index in [4.69, 9.17) is 23.2 Å². The number of hydrogen-bond acceptors (Lipinski definition) is 6. The lowest BCUT2D eigenvalue weighted by Gasteiger charge is -2.51. The zero-order valence-corrected chi connectivity index (χ0v) is 23.9. The maximum Gasteiger partial charge on any atom is 0.129 e. The summed E-state index contributed by atoms with van der Waals surface area (Å²) in [6, 6.07) is 14.0. The van der Waals surface area contributed by atoms with Crippen molar-refractivity contribution in [1.29, 1.82) is 0 Å². The molecule has 2 atom stereocenters. The summed E-state index contributed by atoms with van der Waals surface area (Å²) in [6.07, 6.45) is 6.46. The van der Waals surface area contributed by atoms with Crippen LogP contribution in [0.5, 0.6) is 0 Å². The Kier molecular flexibility index (Phi) is 9.27. The molecule has 8 heteroatoms. The van der Waals surface area contributed by atoms with E-state index in [0.29, 0.717) is 18.1 Å². The van der Waals surface area contributed by atoms with Crippen molar-refractivity contribution < 1.29 is 0 Å². The third kappa shape index (κ3) is 7.17. The number of benzene rings is 1. The van der Waals surface area contributed by atoms with Gasteiger partial charge in [-0.1, -0.05) is 35.3 Å². The van der Waals surface area contributed by atoms with E-state index in [1.807, 2.05) is 30.5 Å². The second-order valence-electron chi connectivity index (χ2n) is 11.3. The minimum absolute atomic E-state index is 0.574. The lowest BCUT2D eigenvalue weighted by molar-refractivity contribution is -0.0110. The summed E-state index contributed by atoms with van der Waals surface area (Å²) < 4.78 is 0. The summed E-state index contributed by atoms with van der Waals surface area (Å²) in [5, 5.41) is 1.58. The summed E-state index contributed by atoms with van der Waals surface area (Å²) in [6.45, 7) is 10.3. The summed E-state index contributed by atoms with van der Waals surface area (Å²) >= 11 is 12.4. The minimum atomic E-state index is 0.574. The van der Waals surface area contributed by atoms with E-state index in [1.54, 1.807) is 0 Å². The number of hydrogen-bond donors (Lipinski definition) is 0. The van der Waals surface area contributed by atoms with Crippen LogP contribution in [-0.4, -0.2) is 116 Å². The second-order valence-corrected chi connectivity index (χ2v) is 12.1. The molecule has 0 amide bonds. The van der Waals surface area contributed by atoms with Crippen molar-refractivity contribution in [1.82, 2.24) is 24.6 Å². The van der Waals surface area contributed by atoms with Crippen LogP contribution in [0, 0.1) is 0 Å². The van der Waals surface area contributed by atoms with Gasteiger partial charge in [0.05, 0.1) is 0 Å². The van der Waals surface area contributed by atoms with Gasteiger partial charge in [0.25, 0.3) is 0 Å². The van der Waals surface area contributed by atoms with Crippen LogP contribution in [-0.2, 0) is 6.42 Å². The van der Waals surface area contributed by atoms with Gasteiger partial charge < -0.3 is 9.80 Å². The molecule has 202 valence electrons. The smallest absolute Gasteiger partial charge is 0.129 e. The molecule has 0 unspecified atom stereocenters. The van der Waals surface area contributed by atoms with Crippen molar-refractivity contribution in [2.24, 2.45) is 0 Å². The van der Waals surface area contributed by atoms with E-state index >= 15 is 0 Å². The molecule has 4 heterocycles. The predicted octanol–water partition coefficient (Wildman–Crippen LogP) is 4.22. The number of piperidine rings is 1. The van der Waals surface area contributed by atoms with E-state index < -0.39 is 0 Å². The van der Waals surface area contributed by atoms with Crippen molar-refractivity contribution in [3.63, 3.8) is 0 Å². The minimum Gasteiger partial charge on any atom is -0.356 e. The van der Waals surface area contributed by atoms with Gasteiger partial charge in [-0.15, -0.1) is 0 Å². The van der Waals surface area contributed by atoms with Crippen molar-refractivity contribution in [2.75, 3.05) is 77.9 Å². The first-order chi connectivity index (χ1) is 17.9. The second kappa shape index (κ2) is 12.6. The highest BCUT2D eigenvalue weighted by molar-refractivity contribution is 6.31. The van der Waals surface area contributed by atoms with Crippen LogP contribution >= 0.6 is 23.2 Å². The molecule has 3 aliphatic heterocycles. The third-order valence-corrected chi connectivity index (χ3v) is 9.21. The molecule has 0 spiro atoms. The van der Waals surface area contributed by atoms with Gasteiger partial charge in [0, 0.05) is 93.3 Å². The molecule has 3 fully saturated rings. The van der Waals surface area contributed by atoms with E-state index in [-0.39, 0.29) is 0 Å². The molecule has 0 aliphatic carbocycles. The number of aromatic nitrogens is 1. The molecule has 2 aromatic rings. The highest BCUT2D eigenvalue weighted by Crippen LogP contribution is 2.29. The van der Waals surface area contributed by atoms with Crippen LogP contribution in [0.1, 0.15) is 24.8 Å². The van der Waals surface area contributed by atoms with Gasteiger partial charge in [-0.25, -0.2) is 4.98 Å². The Balaban J connectivity index is 1.25. The highest BCUT2D eigenvalue weighted by atomic mass is 35.5. The van der Waals surface area contributed by atoms with Crippen molar-refractivity contribution in [2.45, 2.75) is 43.8 Å². The molecule has 5 rings (SSSR count). The fraction of sp³-hybridized carbons (Fsp3) is 0.621. The van der Waals surface area contributed by atoms with E-state index in [9.17, 15) is 0 Å². The predicted molar refractivity (Wildman–Crippen MR) is 155 cm³/mol. The van der Waals surface area contributed by atoms with Gasteiger partial charge in [0.2, 0.25) is 0 Å². The first-order valence-electron chi connectivity index (χ1n) is 13.9. The van der Waals surface area contributed by atoms with Crippen molar-refractivity contribution in [3.05, 3.63) is 58.2 Å². The standard InChI is InChI=1S/C29H42Cl2N6/c1-33-15-17-35(18-16-33)21-28-22-37(26-10-13-36(14-11-26)29-19-25(31)9-12-32-29)27(20-34(28)2)8-5-23-3-6-24(30)7-4-23/h3-4,6-7,9,12,19,26-28H,5,8,10-11,13-18,20-22H2,1-2H3/t27-,28-/m0/s1. The highest BCUT2D eigenvalue weighted by Gasteiger charge is 2.37. The van der Waals surface area contributed by atoms with Crippen LogP contribution in [0.2, 0.25) is 10.0 Å². The van der Waals surface area contributed by atoms with Gasteiger partial charge in [-0.2, -0.15) is 0 Å². The molecular weight excluding hydrogens is 503 g/mol. The first-order valence-corrected chi connectivity index (χ1v) is 14.7. The number of nitrogens with zero attached hydrogens (tertiary/aromatic N) is 6. The molecular formula is C29H42Cl2N6. The number of anilines is 1. The Bertz CT molecular complexity index is 988. The van der Waals surface area contributed by atoms with Crippen molar-refractivity contribution in [3.8, 4) is 0 Å². The van der Waals surface area contributed by atoms with Crippen LogP contribution in [0.4, 0.5) is 5.82 Å². The van der Waals surface area contributed by atoms with Gasteiger partial charge in [0.15, 0.2) is 0 Å². The van der Waals surface area contributed by atoms with Crippen LogP contribution in [0.3, 0.4) is 0 Å². The topological polar surface area (TPSA) is 29.1 Å². The van der Waals surface area contributed by atoms with Gasteiger partial charge in [0.1, 0.15) is 5.82 Å². The SMILES string of the molecule is CN1CCN(C[C@H]2CN(C3CCN(c4cc(Cl)ccn4)CC3)[C@@H](CCc3ccc(Cl)cc3)CN2C)CC1. The quantitative estimate of drug-likeness (QED) is 0.518. The molecule has 0 bridgehead atoms. The molecule has 3 saturated heterocycles. The van der Waals surface area contributed by atoms with Gasteiger partial charge >= 0.3 is 0 Å². The maximum atomic E-state index is 6.25. The zero-order valence-electron chi connectivity index (χ0n) is 22.4. The van der Waals surface area contributed by atoms with Crippen LogP contribution in [0.15, 0.2) is 42.6 Å². The van der Waals surface area contributed by atoms with E-state index in [2.05, 4.69) is 55.7 Å². The summed E-state index contributed by atoms with van der Waals surface area (Å²) in [5.74, 6) is 1.01. The number of pyridine rings is 1. The number of piperazine rings is 2. The lowest BCUT2D eigenvalue weighted by atomic mass is 9.94. The zero-order chi connectivity index (χ0) is 25.8. The molecule has 0 saturated carbocycles. The van der Waals surface area contributed by atoms with Crippen LogP contribution < -0.4 is 4.90 Å². The molecule has 0 N–H and O–H groups in total. The Morgan fingerprint density at radius 1 is 0.838 bits per heavy atom. The number of rotatable bonds is 7. The Labute approximate surface area is 233 Å². The first kappa shape index (κ1) is 27.2. The molecule has 6 nitrogen and oxygen atoms in total. The fourth-order valence-electron chi connectivity index (χ4n) is 6.33. The van der Waals surface area contributed by atoms with E-state index in [1.165, 1.54) is 57.5 Å². The third-order valence-electron chi connectivity index (χ3n) is 8.72. The van der Waals surface area contributed by atoms with Crippen LogP contribution in [0.25, 0.3) is 0 Å². The number of likely N-dealkylation sites (N-methyl/N-ethyl adjacent to an activating group) is 2. The van der Waals surface area contributed by atoms with Gasteiger partial charge in [-0.3, -0.25) is 14.7 Å². The summed E-state index contributed by atoms with van der Waals surface area (Å²) in [4.78, 5) is 17.6. The Hall–Kier alpha value is -1.41. The number of aryl methyl sites for hydroxylation is 1. The fourth-order valence-corrected chi connectivity index (χ4v) is 6.61. The average molecular weight is 546 g/mol. The van der Waals surface area contributed by atoms with E-state index in [0.717, 1.165) is 48.5 Å². The summed E-state index contributed by atoms with van der Waals surface area (Å²) in [5.41, 5.74) is 1.38. The molecule has 37 heavy (non-hydrogen) atoms. The maximum absolute atomic E-state index is 6.25. The average Bonchev–Trinajstić information content (AvgIpc) is 2.91. The Morgan fingerprint density at radius 3 is 2.27 bits per heavy atom. The summed E-state index contributed by atoms with van der Waals surface area (Å²) in [7, 11) is 4.59. The molecule has 0 radical (unpaired) electrons.